The number of carbonyl (C=O) groups excluding carboxylic acids is 1. The topological polar surface area (TPSA) is 50.4 Å². The van der Waals surface area contributed by atoms with Gasteiger partial charge in [0.2, 0.25) is 5.91 Å². The predicted molar refractivity (Wildman–Crippen MR) is 89.2 cm³/mol. The molecule has 4 heteroatoms. The highest BCUT2D eigenvalue weighted by Crippen LogP contribution is 2.14. The summed E-state index contributed by atoms with van der Waals surface area (Å²) in [7, 11) is 0. The lowest BCUT2D eigenvalue weighted by atomic mass is 9.99. The molecule has 2 N–H and O–H groups in total. The maximum absolute atomic E-state index is 12.1. The SMILES string of the molecule is CCCOc1ccc(CCC(=O)NC2CCCNC2C)cc1. The van der Waals surface area contributed by atoms with Crippen LogP contribution < -0.4 is 15.4 Å². The van der Waals surface area contributed by atoms with Crippen LogP contribution in [0.15, 0.2) is 24.3 Å². The molecular formula is C18H28N2O2. The first kappa shape index (κ1) is 16.8. The second-order valence-electron chi connectivity index (χ2n) is 6.05. The van der Waals surface area contributed by atoms with Gasteiger partial charge in [-0.15, -0.1) is 0 Å². The number of piperidine rings is 1. The Balaban J connectivity index is 1.73. The van der Waals surface area contributed by atoms with Gasteiger partial charge in [-0.2, -0.15) is 0 Å². The van der Waals surface area contributed by atoms with Crippen molar-refractivity contribution in [2.45, 2.75) is 58.0 Å². The molecule has 0 radical (unpaired) electrons. The molecule has 122 valence electrons. The largest absolute Gasteiger partial charge is 0.494 e. The van der Waals surface area contributed by atoms with Crippen molar-refractivity contribution in [3.63, 3.8) is 0 Å². The summed E-state index contributed by atoms with van der Waals surface area (Å²) in [6, 6.07) is 8.69. The molecule has 1 aromatic rings. The first-order valence-electron chi connectivity index (χ1n) is 8.43. The van der Waals surface area contributed by atoms with Crippen molar-refractivity contribution in [1.82, 2.24) is 10.6 Å². The van der Waals surface area contributed by atoms with E-state index in [4.69, 9.17) is 4.74 Å². The van der Waals surface area contributed by atoms with Gasteiger partial charge in [0.15, 0.2) is 0 Å². The van der Waals surface area contributed by atoms with Crippen LogP contribution in [0.4, 0.5) is 0 Å². The molecule has 0 aromatic heterocycles. The molecule has 1 heterocycles. The van der Waals surface area contributed by atoms with Crippen LogP contribution in [0.1, 0.15) is 45.1 Å². The van der Waals surface area contributed by atoms with Crippen LogP contribution >= 0.6 is 0 Å². The third-order valence-corrected chi connectivity index (χ3v) is 4.15. The number of amides is 1. The third kappa shape index (κ3) is 5.34. The van der Waals surface area contributed by atoms with Crippen molar-refractivity contribution in [1.29, 1.82) is 0 Å². The minimum absolute atomic E-state index is 0.145. The van der Waals surface area contributed by atoms with Gasteiger partial charge in [0, 0.05) is 18.5 Å². The van der Waals surface area contributed by atoms with E-state index in [1.165, 1.54) is 5.56 Å². The summed E-state index contributed by atoms with van der Waals surface area (Å²) >= 11 is 0. The van der Waals surface area contributed by atoms with Crippen LogP contribution in [0.25, 0.3) is 0 Å². The normalized spacial score (nSPS) is 21.4. The summed E-state index contributed by atoms with van der Waals surface area (Å²) < 4.78 is 5.56. The van der Waals surface area contributed by atoms with Gasteiger partial charge in [0.25, 0.3) is 0 Å². The zero-order valence-electron chi connectivity index (χ0n) is 13.7. The number of hydrogen-bond donors (Lipinski definition) is 2. The molecule has 1 fully saturated rings. The molecule has 2 atom stereocenters. The number of benzene rings is 1. The number of hydrogen-bond acceptors (Lipinski definition) is 3. The van der Waals surface area contributed by atoms with Gasteiger partial charge in [-0.1, -0.05) is 19.1 Å². The molecule has 0 aliphatic carbocycles. The highest BCUT2D eigenvalue weighted by molar-refractivity contribution is 5.76. The molecule has 22 heavy (non-hydrogen) atoms. The van der Waals surface area contributed by atoms with E-state index in [2.05, 4.69) is 24.5 Å². The highest BCUT2D eigenvalue weighted by atomic mass is 16.5. The molecule has 1 aliphatic heterocycles. The van der Waals surface area contributed by atoms with Crippen molar-refractivity contribution in [2.75, 3.05) is 13.2 Å². The summed E-state index contributed by atoms with van der Waals surface area (Å²) in [6.45, 7) is 6.03. The first-order chi connectivity index (χ1) is 10.7. The van der Waals surface area contributed by atoms with Gasteiger partial charge < -0.3 is 15.4 Å². The Hall–Kier alpha value is -1.55. The fourth-order valence-electron chi connectivity index (χ4n) is 2.75. The molecule has 2 rings (SSSR count). The standard InChI is InChI=1S/C18H28N2O2/c1-3-13-22-16-9-6-15(7-10-16)8-11-18(21)20-17-5-4-12-19-14(17)2/h6-7,9-10,14,17,19H,3-5,8,11-13H2,1-2H3,(H,20,21). The quantitative estimate of drug-likeness (QED) is 0.814. The Morgan fingerprint density at radius 1 is 1.36 bits per heavy atom. The number of aryl methyl sites for hydroxylation is 1. The minimum Gasteiger partial charge on any atom is -0.494 e. The molecular weight excluding hydrogens is 276 g/mol. The number of carbonyl (C=O) groups is 1. The van der Waals surface area contributed by atoms with E-state index in [0.717, 1.165) is 44.6 Å². The molecule has 0 saturated carbocycles. The number of ether oxygens (including phenoxy) is 1. The fraction of sp³-hybridized carbons (Fsp3) is 0.611. The van der Waals surface area contributed by atoms with E-state index in [-0.39, 0.29) is 11.9 Å². The summed E-state index contributed by atoms with van der Waals surface area (Å²) in [4.78, 5) is 12.1. The Morgan fingerprint density at radius 3 is 2.82 bits per heavy atom. The summed E-state index contributed by atoms with van der Waals surface area (Å²) in [5.74, 6) is 1.05. The van der Waals surface area contributed by atoms with Gasteiger partial charge in [0.1, 0.15) is 5.75 Å². The van der Waals surface area contributed by atoms with Crippen LogP contribution in [-0.2, 0) is 11.2 Å². The first-order valence-corrected chi connectivity index (χ1v) is 8.43. The average molecular weight is 304 g/mol. The molecule has 2 unspecified atom stereocenters. The lowest BCUT2D eigenvalue weighted by molar-refractivity contribution is -0.122. The minimum atomic E-state index is 0.145. The third-order valence-electron chi connectivity index (χ3n) is 4.15. The smallest absolute Gasteiger partial charge is 0.220 e. The summed E-state index contributed by atoms with van der Waals surface area (Å²) in [6.07, 6.45) is 4.53. The zero-order chi connectivity index (χ0) is 15.8. The number of nitrogens with one attached hydrogen (secondary N) is 2. The average Bonchev–Trinajstić information content (AvgIpc) is 2.54. The van der Waals surface area contributed by atoms with Crippen LogP contribution in [-0.4, -0.2) is 31.1 Å². The Bertz CT molecular complexity index is 459. The van der Waals surface area contributed by atoms with Crippen LogP contribution in [0.3, 0.4) is 0 Å². The molecule has 4 nitrogen and oxygen atoms in total. The molecule has 1 aliphatic rings. The van der Waals surface area contributed by atoms with E-state index in [1.54, 1.807) is 0 Å². The van der Waals surface area contributed by atoms with Crippen molar-refractivity contribution in [2.24, 2.45) is 0 Å². The second kappa shape index (κ2) is 8.79. The Morgan fingerprint density at radius 2 is 2.14 bits per heavy atom. The second-order valence-corrected chi connectivity index (χ2v) is 6.05. The van der Waals surface area contributed by atoms with Crippen molar-refractivity contribution < 1.29 is 9.53 Å². The van der Waals surface area contributed by atoms with E-state index in [9.17, 15) is 4.79 Å². The van der Waals surface area contributed by atoms with E-state index in [1.807, 2.05) is 24.3 Å². The highest BCUT2D eigenvalue weighted by Gasteiger charge is 2.21. The van der Waals surface area contributed by atoms with Crippen LogP contribution in [0.5, 0.6) is 5.75 Å². The molecule has 1 aromatic carbocycles. The maximum Gasteiger partial charge on any atom is 0.220 e. The van der Waals surface area contributed by atoms with E-state index >= 15 is 0 Å². The zero-order valence-corrected chi connectivity index (χ0v) is 13.7. The van der Waals surface area contributed by atoms with Gasteiger partial charge in [-0.3, -0.25) is 4.79 Å². The van der Waals surface area contributed by atoms with Gasteiger partial charge in [-0.05, 0) is 56.8 Å². The molecule has 1 saturated heterocycles. The van der Waals surface area contributed by atoms with Gasteiger partial charge in [-0.25, -0.2) is 0 Å². The van der Waals surface area contributed by atoms with Crippen molar-refractivity contribution >= 4 is 5.91 Å². The van der Waals surface area contributed by atoms with Gasteiger partial charge in [0.05, 0.1) is 6.61 Å². The Labute approximate surface area is 133 Å². The van der Waals surface area contributed by atoms with Crippen LogP contribution in [0.2, 0.25) is 0 Å². The number of rotatable bonds is 7. The van der Waals surface area contributed by atoms with Gasteiger partial charge >= 0.3 is 0 Å². The molecule has 0 spiro atoms. The van der Waals surface area contributed by atoms with Crippen molar-refractivity contribution in [3.05, 3.63) is 29.8 Å². The fourth-order valence-corrected chi connectivity index (χ4v) is 2.75. The van der Waals surface area contributed by atoms with Crippen molar-refractivity contribution in [3.8, 4) is 5.75 Å². The Kier molecular flexibility index (Phi) is 6.72. The summed E-state index contributed by atoms with van der Waals surface area (Å²) in [5, 5.41) is 6.56. The monoisotopic (exact) mass is 304 g/mol. The molecule has 0 bridgehead atoms. The van der Waals surface area contributed by atoms with E-state index < -0.39 is 0 Å². The predicted octanol–water partition coefficient (Wildman–Crippen LogP) is 2.66. The summed E-state index contributed by atoms with van der Waals surface area (Å²) in [5.41, 5.74) is 1.17. The molecule has 1 amide bonds. The maximum atomic E-state index is 12.1. The lowest BCUT2D eigenvalue weighted by Crippen LogP contribution is -2.51. The lowest BCUT2D eigenvalue weighted by Gasteiger charge is -2.30. The van der Waals surface area contributed by atoms with Crippen LogP contribution in [0, 0.1) is 0 Å². The van der Waals surface area contributed by atoms with E-state index in [0.29, 0.717) is 12.5 Å².